The van der Waals surface area contributed by atoms with Crippen LogP contribution in [0.5, 0.6) is 0 Å². The van der Waals surface area contributed by atoms with Gasteiger partial charge in [0.15, 0.2) is 0 Å². The van der Waals surface area contributed by atoms with E-state index in [2.05, 4.69) is 4.72 Å². The summed E-state index contributed by atoms with van der Waals surface area (Å²) in [6.45, 7) is 6.04. The van der Waals surface area contributed by atoms with Gasteiger partial charge in [0.25, 0.3) is 0 Å². The summed E-state index contributed by atoms with van der Waals surface area (Å²) in [6, 6.07) is 0. The minimum Gasteiger partial charge on any atom is -0.376 e. The van der Waals surface area contributed by atoms with Gasteiger partial charge < -0.3 is 4.74 Å². The molecule has 0 spiro atoms. The highest BCUT2D eigenvalue weighted by molar-refractivity contribution is 7.89. The SMILES string of the molecule is CCS(=O)(=O)NC1(C)CCOC1C. The first-order valence-electron chi connectivity index (χ1n) is 4.53. The molecule has 4 nitrogen and oxygen atoms in total. The number of ether oxygens (including phenoxy) is 1. The monoisotopic (exact) mass is 207 g/mol. The molecule has 1 fully saturated rings. The van der Waals surface area contributed by atoms with Gasteiger partial charge in [-0.1, -0.05) is 0 Å². The van der Waals surface area contributed by atoms with Gasteiger partial charge in [0.05, 0.1) is 17.4 Å². The van der Waals surface area contributed by atoms with Crippen molar-refractivity contribution in [3.05, 3.63) is 0 Å². The lowest BCUT2D eigenvalue weighted by atomic mass is 9.97. The maximum atomic E-state index is 11.3. The fraction of sp³-hybridized carbons (Fsp3) is 1.00. The van der Waals surface area contributed by atoms with Crippen LogP contribution in [0, 0.1) is 0 Å². The second kappa shape index (κ2) is 3.55. The lowest BCUT2D eigenvalue weighted by Gasteiger charge is -2.28. The van der Waals surface area contributed by atoms with Gasteiger partial charge in [0.2, 0.25) is 10.0 Å². The number of sulfonamides is 1. The Kier molecular flexibility index (Phi) is 2.99. The van der Waals surface area contributed by atoms with Crippen molar-refractivity contribution in [3.63, 3.8) is 0 Å². The topological polar surface area (TPSA) is 55.4 Å². The molecule has 1 saturated heterocycles. The van der Waals surface area contributed by atoms with Crippen LogP contribution in [0.1, 0.15) is 27.2 Å². The molecule has 0 bridgehead atoms. The Morgan fingerprint density at radius 1 is 1.62 bits per heavy atom. The molecule has 0 radical (unpaired) electrons. The van der Waals surface area contributed by atoms with Crippen LogP contribution in [0.2, 0.25) is 0 Å². The number of hydrogen-bond donors (Lipinski definition) is 1. The Morgan fingerprint density at radius 2 is 2.23 bits per heavy atom. The molecule has 2 atom stereocenters. The first-order valence-corrected chi connectivity index (χ1v) is 6.18. The van der Waals surface area contributed by atoms with Crippen molar-refractivity contribution in [3.8, 4) is 0 Å². The largest absolute Gasteiger partial charge is 0.376 e. The van der Waals surface area contributed by atoms with Crippen molar-refractivity contribution < 1.29 is 13.2 Å². The summed E-state index contributed by atoms with van der Waals surface area (Å²) in [5.41, 5.74) is -0.422. The van der Waals surface area contributed by atoms with Gasteiger partial charge in [-0.15, -0.1) is 0 Å². The molecule has 0 aromatic carbocycles. The molecule has 1 aliphatic rings. The van der Waals surface area contributed by atoms with Crippen molar-refractivity contribution >= 4 is 10.0 Å². The molecule has 0 aromatic rings. The Labute approximate surface area is 79.7 Å². The minimum atomic E-state index is -3.12. The molecule has 1 N–H and O–H groups in total. The maximum absolute atomic E-state index is 11.3. The van der Waals surface area contributed by atoms with E-state index >= 15 is 0 Å². The quantitative estimate of drug-likeness (QED) is 0.733. The molecule has 1 aliphatic heterocycles. The molecule has 0 saturated carbocycles. The van der Waals surface area contributed by atoms with Crippen molar-refractivity contribution in [2.24, 2.45) is 0 Å². The summed E-state index contributed by atoms with van der Waals surface area (Å²) < 4.78 is 30.7. The van der Waals surface area contributed by atoms with Crippen molar-refractivity contribution in [2.45, 2.75) is 38.8 Å². The second-order valence-electron chi connectivity index (χ2n) is 3.69. The number of hydrogen-bond acceptors (Lipinski definition) is 3. The average molecular weight is 207 g/mol. The highest BCUT2D eigenvalue weighted by atomic mass is 32.2. The molecular formula is C8H17NO3S. The standard InChI is InChI=1S/C8H17NO3S/c1-4-13(10,11)9-8(3)5-6-12-7(8)2/h7,9H,4-6H2,1-3H3. The van der Waals surface area contributed by atoms with Crippen LogP contribution in [0.25, 0.3) is 0 Å². The average Bonchev–Trinajstić information content (AvgIpc) is 2.31. The normalized spacial score (nSPS) is 35.2. The Hall–Kier alpha value is -0.130. The highest BCUT2D eigenvalue weighted by Gasteiger charge is 2.39. The van der Waals surface area contributed by atoms with E-state index in [-0.39, 0.29) is 11.9 Å². The molecule has 0 amide bonds. The number of nitrogens with one attached hydrogen (secondary N) is 1. The Balaban J connectivity index is 2.72. The van der Waals surface area contributed by atoms with E-state index in [0.29, 0.717) is 6.61 Å². The molecule has 1 rings (SSSR count). The predicted octanol–water partition coefficient (Wildman–Crippen LogP) is 0.493. The third-order valence-corrected chi connectivity index (χ3v) is 4.19. The van der Waals surface area contributed by atoms with Gasteiger partial charge >= 0.3 is 0 Å². The van der Waals surface area contributed by atoms with Crippen molar-refractivity contribution in [2.75, 3.05) is 12.4 Å². The summed E-state index contributed by atoms with van der Waals surface area (Å²) in [5, 5.41) is 0. The van der Waals surface area contributed by atoms with Crippen LogP contribution in [0.3, 0.4) is 0 Å². The molecule has 13 heavy (non-hydrogen) atoms. The molecule has 5 heteroatoms. The lowest BCUT2D eigenvalue weighted by Crippen LogP contribution is -2.50. The van der Waals surface area contributed by atoms with E-state index < -0.39 is 15.6 Å². The highest BCUT2D eigenvalue weighted by Crippen LogP contribution is 2.25. The van der Waals surface area contributed by atoms with Gasteiger partial charge in [-0.05, 0) is 27.2 Å². The zero-order valence-electron chi connectivity index (χ0n) is 8.33. The van der Waals surface area contributed by atoms with Crippen LogP contribution >= 0.6 is 0 Å². The van der Waals surface area contributed by atoms with Gasteiger partial charge in [0.1, 0.15) is 0 Å². The molecule has 1 heterocycles. The molecule has 0 aromatic heterocycles. The first kappa shape index (κ1) is 10.9. The van der Waals surface area contributed by atoms with Crippen molar-refractivity contribution in [1.82, 2.24) is 4.72 Å². The molecule has 78 valence electrons. The summed E-state index contributed by atoms with van der Waals surface area (Å²) in [7, 11) is -3.12. The fourth-order valence-electron chi connectivity index (χ4n) is 1.40. The minimum absolute atomic E-state index is 0.0474. The fourth-order valence-corrected chi connectivity index (χ4v) is 2.52. The summed E-state index contributed by atoms with van der Waals surface area (Å²) in [4.78, 5) is 0. The van der Waals surface area contributed by atoms with Gasteiger partial charge in [-0.25, -0.2) is 13.1 Å². The van der Waals surface area contributed by atoms with E-state index in [4.69, 9.17) is 4.74 Å². The molecular weight excluding hydrogens is 190 g/mol. The molecule has 2 unspecified atom stereocenters. The molecule has 0 aliphatic carbocycles. The van der Waals surface area contributed by atoms with Crippen LogP contribution in [0.4, 0.5) is 0 Å². The Morgan fingerprint density at radius 3 is 2.62 bits per heavy atom. The van der Waals surface area contributed by atoms with E-state index in [9.17, 15) is 8.42 Å². The third-order valence-electron chi connectivity index (χ3n) is 2.66. The summed E-state index contributed by atoms with van der Waals surface area (Å²) in [5.74, 6) is 0.120. The first-order chi connectivity index (χ1) is 5.90. The van der Waals surface area contributed by atoms with Crippen LogP contribution in [-0.2, 0) is 14.8 Å². The maximum Gasteiger partial charge on any atom is 0.211 e. The van der Waals surface area contributed by atoms with E-state index in [1.54, 1.807) is 6.92 Å². The summed E-state index contributed by atoms with van der Waals surface area (Å²) in [6.07, 6.45) is 0.696. The zero-order valence-corrected chi connectivity index (χ0v) is 9.15. The zero-order chi connectivity index (χ0) is 10.1. The van der Waals surface area contributed by atoms with Crippen LogP contribution in [-0.4, -0.2) is 32.4 Å². The van der Waals surface area contributed by atoms with Gasteiger partial charge in [-0.3, -0.25) is 0 Å². The second-order valence-corrected chi connectivity index (χ2v) is 5.70. The summed E-state index contributed by atoms with van der Waals surface area (Å²) >= 11 is 0. The number of rotatable bonds is 3. The van der Waals surface area contributed by atoms with Gasteiger partial charge in [-0.2, -0.15) is 0 Å². The van der Waals surface area contributed by atoms with E-state index in [1.165, 1.54) is 0 Å². The lowest BCUT2D eigenvalue weighted by molar-refractivity contribution is 0.0957. The van der Waals surface area contributed by atoms with Crippen LogP contribution in [0.15, 0.2) is 0 Å². The van der Waals surface area contributed by atoms with Crippen molar-refractivity contribution in [1.29, 1.82) is 0 Å². The predicted molar refractivity (Wildman–Crippen MR) is 51.0 cm³/mol. The van der Waals surface area contributed by atoms with Crippen LogP contribution < -0.4 is 4.72 Å². The Bertz CT molecular complexity index is 275. The van der Waals surface area contributed by atoms with E-state index in [1.807, 2.05) is 13.8 Å². The third kappa shape index (κ3) is 2.42. The van der Waals surface area contributed by atoms with E-state index in [0.717, 1.165) is 6.42 Å². The smallest absolute Gasteiger partial charge is 0.211 e. The van der Waals surface area contributed by atoms with Gasteiger partial charge in [0, 0.05) is 6.61 Å².